The highest BCUT2D eigenvalue weighted by atomic mass is 32.2. The van der Waals surface area contributed by atoms with Crippen molar-refractivity contribution in [3.63, 3.8) is 0 Å². The molecule has 0 radical (unpaired) electrons. The molecule has 1 atom stereocenters. The molecule has 7 nitrogen and oxygen atoms in total. The average molecular weight is 408 g/mol. The summed E-state index contributed by atoms with van der Waals surface area (Å²) in [7, 11) is -1.25. The van der Waals surface area contributed by atoms with Gasteiger partial charge in [-0.3, -0.25) is 4.79 Å². The molecule has 0 spiro atoms. The van der Waals surface area contributed by atoms with Crippen molar-refractivity contribution in [1.82, 2.24) is 14.5 Å². The summed E-state index contributed by atoms with van der Waals surface area (Å²) in [6, 6.07) is 12.2. The van der Waals surface area contributed by atoms with Crippen LogP contribution in [0.3, 0.4) is 0 Å². The van der Waals surface area contributed by atoms with Crippen LogP contribution in [0.1, 0.15) is 6.92 Å². The Labute approximate surface area is 168 Å². The first-order valence-electron chi connectivity index (χ1n) is 9.07. The fourth-order valence-electron chi connectivity index (χ4n) is 3.18. The lowest BCUT2D eigenvalue weighted by Crippen LogP contribution is -2.16. The van der Waals surface area contributed by atoms with E-state index in [1.54, 1.807) is 62.9 Å². The first-order chi connectivity index (χ1) is 13.9. The molecule has 2 N–H and O–H groups in total. The summed E-state index contributed by atoms with van der Waals surface area (Å²) in [5.41, 5.74) is 1.71. The van der Waals surface area contributed by atoms with E-state index in [4.69, 9.17) is 9.52 Å². The summed E-state index contributed by atoms with van der Waals surface area (Å²) >= 11 is 0. The molecular weight excluding hydrogens is 388 g/mol. The number of nitrogens with one attached hydrogen (secondary N) is 2. The number of H-pyrrole nitrogens is 1. The number of fused-ring (bicyclic) bond motifs is 1. The van der Waals surface area contributed by atoms with Crippen LogP contribution in [-0.4, -0.2) is 24.5 Å². The van der Waals surface area contributed by atoms with Gasteiger partial charge in [0.05, 0.1) is 9.73 Å². The monoisotopic (exact) mass is 408 g/mol. The van der Waals surface area contributed by atoms with Gasteiger partial charge in [-0.05, 0) is 30.3 Å². The Morgan fingerprint density at radius 1 is 1.21 bits per heavy atom. The zero-order valence-electron chi connectivity index (χ0n) is 16.0. The van der Waals surface area contributed by atoms with Gasteiger partial charge in [0, 0.05) is 58.9 Å². The Hall–Kier alpha value is -3.39. The summed E-state index contributed by atoms with van der Waals surface area (Å²) in [5.74, 6) is 1.12. The van der Waals surface area contributed by atoms with Crippen LogP contribution in [0, 0.1) is 4.78 Å². The highest BCUT2D eigenvalue weighted by molar-refractivity contribution is 7.92. The number of aryl methyl sites for hydroxylation is 1. The highest BCUT2D eigenvalue weighted by Crippen LogP contribution is 2.37. The lowest BCUT2D eigenvalue weighted by atomic mass is 10.0. The van der Waals surface area contributed by atoms with Crippen LogP contribution in [0.4, 0.5) is 0 Å². The standard InChI is InChI=1S/C21H20N4O3S/c1-3-29(22,27)14-7-8-18(28-19-6-4-5-10-23-19)16(12-14)17-13-25(2)21(26)20-15(17)9-11-24-20/h4-13,22,24H,3H2,1-2H3. The quantitative estimate of drug-likeness (QED) is 0.518. The minimum atomic E-state index is -2.92. The maximum atomic E-state index is 12.7. The number of aromatic amines is 1. The Bertz CT molecular complexity index is 1360. The Morgan fingerprint density at radius 2 is 2.03 bits per heavy atom. The molecular formula is C21H20N4O3S. The molecule has 0 saturated carbocycles. The molecule has 0 aliphatic rings. The van der Waals surface area contributed by atoms with Gasteiger partial charge < -0.3 is 14.3 Å². The van der Waals surface area contributed by atoms with E-state index in [9.17, 15) is 9.00 Å². The molecule has 3 aromatic heterocycles. The molecule has 8 heteroatoms. The fourth-order valence-corrected chi connectivity index (χ4v) is 4.11. The zero-order chi connectivity index (χ0) is 20.6. The molecule has 0 amide bonds. The predicted molar refractivity (Wildman–Crippen MR) is 113 cm³/mol. The summed E-state index contributed by atoms with van der Waals surface area (Å²) in [4.78, 5) is 20.0. The number of pyridine rings is 2. The number of benzene rings is 1. The third-order valence-electron chi connectivity index (χ3n) is 4.77. The third kappa shape index (κ3) is 3.42. The molecule has 0 aliphatic heterocycles. The molecule has 0 fully saturated rings. The van der Waals surface area contributed by atoms with E-state index in [2.05, 4.69) is 9.97 Å². The van der Waals surface area contributed by atoms with E-state index in [0.29, 0.717) is 27.6 Å². The number of hydrogen-bond acceptors (Lipinski definition) is 5. The molecule has 0 aliphatic carbocycles. The maximum absolute atomic E-state index is 12.7. The summed E-state index contributed by atoms with van der Waals surface area (Å²) < 4.78 is 28.4. The van der Waals surface area contributed by atoms with E-state index < -0.39 is 9.73 Å². The molecule has 1 aromatic carbocycles. The minimum Gasteiger partial charge on any atom is -0.438 e. The average Bonchev–Trinajstić information content (AvgIpc) is 3.22. The van der Waals surface area contributed by atoms with Crippen molar-refractivity contribution in [1.29, 1.82) is 4.78 Å². The topological polar surface area (TPSA) is 101 Å². The minimum absolute atomic E-state index is 0.144. The number of nitrogens with zero attached hydrogens (tertiary/aromatic N) is 2. The highest BCUT2D eigenvalue weighted by Gasteiger charge is 2.18. The van der Waals surface area contributed by atoms with Crippen LogP contribution < -0.4 is 10.3 Å². The molecule has 4 rings (SSSR count). The van der Waals surface area contributed by atoms with Gasteiger partial charge >= 0.3 is 0 Å². The summed E-state index contributed by atoms with van der Waals surface area (Å²) in [6.07, 6.45) is 5.06. The zero-order valence-corrected chi connectivity index (χ0v) is 16.8. The van der Waals surface area contributed by atoms with E-state index in [0.717, 1.165) is 10.9 Å². The Balaban J connectivity index is 1.99. The van der Waals surface area contributed by atoms with Gasteiger partial charge in [0.2, 0.25) is 5.88 Å². The van der Waals surface area contributed by atoms with Gasteiger partial charge in [-0.1, -0.05) is 13.0 Å². The van der Waals surface area contributed by atoms with Gasteiger partial charge in [0.1, 0.15) is 11.3 Å². The molecule has 3 heterocycles. The fraction of sp³-hybridized carbons (Fsp3) is 0.143. The van der Waals surface area contributed by atoms with Crippen LogP contribution in [0.2, 0.25) is 0 Å². The first kappa shape index (κ1) is 18.9. The largest absolute Gasteiger partial charge is 0.438 e. The molecule has 0 bridgehead atoms. The third-order valence-corrected chi connectivity index (χ3v) is 6.60. The van der Waals surface area contributed by atoms with Crippen LogP contribution in [-0.2, 0) is 16.8 Å². The Morgan fingerprint density at radius 3 is 2.76 bits per heavy atom. The van der Waals surface area contributed by atoms with Crippen molar-refractivity contribution < 1.29 is 8.95 Å². The van der Waals surface area contributed by atoms with Crippen molar-refractivity contribution >= 4 is 20.6 Å². The van der Waals surface area contributed by atoms with Gasteiger partial charge in [0.15, 0.2) is 0 Å². The van der Waals surface area contributed by atoms with Gasteiger partial charge in [0.25, 0.3) is 5.56 Å². The van der Waals surface area contributed by atoms with Crippen LogP contribution in [0.25, 0.3) is 22.0 Å². The van der Waals surface area contributed by atoms with E-state index >= 15 is 0 Å². The maximum Gasteiger partial charge on any atom is 0.274 e. The molecule has 1 unspecified atom stereocenters. The summed E-state index contributed by atoms with van der Waals surface area (Å²) in [5, 5.41) is 0.726. The molecule has 0 saturated heterocycles. The lowest BCUT2D eigenvalue weighted by molar-refractivity contribution is 0.464. The molecule has 4 aromatic rings. The van der Waals surface area contributed by atoms with Crippen molar-refractivity contribution in [3.8, 4) is 22.8 Å². The van der Waals surface area contributed by atoms with Crippen molar-refractivity contribution in [3.05, 3.63) is 71.4 Å². The number of ether oxygens (including phenoxy) is 1. The number of hydrogen-bond donors (Lipinski definition) is 2. The second-order valence-electron chi connectivity index (χ2n) is 6.62. The van der Waals surface area contributed by atoms with Crippen molar-refractivity contribution in [2.24, 2.45) is 7.05 Å². The Kier molecular flexibility index (Phi) is 4.71. The van der Waals surface area contributed by atoms with Crippen molar-refractivity contribution in [2.45, 2.75) is 11.8 Å². The van der Waals surface area contributed by atoms with Gasteiger partial charge in [-0.15, -0.1) is 0 Å². The number of aromatic nitrogens is 3. The molecule has 29 heavy (non-hydrogen) atoms. The first-order valence-corrected chi connectivity index (χ1v) is 10.8. The van der Waals surface area contributed by atoms with Crippen LogP contribution in [0.15, 0.2) is 70.7 Å². The SMILES string of the molecule is CCS(=N)(=O)c1ccc(Oc2ccccn2)c(-c2cn(C)c(=O)c3[nH]ccc23)c1. The summed E-state index contributed by atoms with van der Waals surface area (Å²) in [6.45, 7) is 1.73. The second kappa shape index (κ2) is 7.21. The van der Waals surface area contributed by atoms with Gasteiger partial charge in [-0.2, -0.15) is 0 Å². The van der Waals surface area contributed by atoms with E-state index in [1.807, 2.05) is 12.1 Å². The van der Waals surface area contributed by atoms with Crippen molar-refractivity contribution in [2.75, 3.05) is 5.75 Å². The number of rotatable bonds is 5. The normalized spacial score (nSPS) is 13.3. The lowest BCUT2D eigenvalue weighted by Gasteiger charge is -2.15. The van der Waals surface area contributed by atoms with Crippen LogP contribution >= 0.6 is 0 Å². The molecule has 148 valence electrons. The van der Waals surface area contributed by atoms with Gasteiger partial charge in [-0.25, -0.2) is 14.0 Å². The smallest absolute Gasteiger partial charge is 0.274 e. The van der Waals surface area contributed by atoms with Crippen LogP contribution in [0.5, 0.6) is 11.6 Å². The van der Waals surface area contributed by atoms with E-state index in [1.165, 1.54) is 4.57 Å². The second-order valence-corrected chi connectivity index (χ2v) is 9.02. The van der Waals surface area contributed by atoms with E-state index in [-0.39, 0.29) is 11.3 Å². The predicted octanol–water partition coefficient (Wildman–Crippen LogP) is 4.15.